The molecule has 0 radical (unpaired) electrons. The molecule has 0 aliphatic rings. The molecule has 17 heavy (non-hydrogen) atoms. The fraction of sp³-hybridized carbons (Fsp3) is 1.00. The SMILES string of the molecule is NCCCC(CN)CCCC(N)CP(=O)(O)O. The van der Waals surface area contributed by atoms with Crippen LogP contribution in [0.15, 0.2) is 0 Å². The Kier molecular flexibility index (Phi) is 9.04. The average Bonchev–Trinajstić information content (AvgIpc) is 2.20. The summed E-state index contributed by atoms with van der Waals surface area (Å²) in [6.07, 6.45) is 4.18. The summed E-state index contributed by atoms with van der Waals surface area (Å²) in [4.78, 5) is 17.5. The van der Waals surface area contributed by atoms with Crippen LogP contribution in [0.4, 0.5) is 0 Å². The van der Waals surface area contributed by atoms with E-state index < -0.39 is 13.6 Å². The second-order valence-electron chi connectivity index (χ2n) is 4.57. The molecule has 2 atom stereocenters. The van der Waals surface area contributed by atoms with E-state index in [2.05, 4.69) is 0 Å². The number of nitrogens with two attached hydrogens (primary N) is 3. The van der Waals surface area contributed by atoms with Gasteiger partial charge < -0.3 is 27.0 Å². The van der Waals surface area contributed by atoms with Crippen LogP contribution in [-0.4, -0.2) is 35.1 Å². The molecule has 0 aliphatic carbocycles. The monoisotopic (exact) mass is 267 g/mol. The van der Waals surface area contributed by atoms with Crippen molar-refractivity contribution in [2.75, 3.05) is 19.3 Å². The third-order valence-corrected chi connectivity index (χ3v) is 3.75. The Labute approximate surface area is 103 Å². The van der Waals surface area contributed by atoms with Gasteiger partial charge in [0.15, 0.2) is 0 Å². The maximum absolute atomic E-state index is 10.7. The molecule has 0 saturated carbocycles. The van der Waals surface area contributed by atoms with Crippen LogP contribution in [0.25, 0.3) is 0 Å². The molecule has 8 N–H and O–H groups in total. The lowest BCUT2D eigenvalue weighted by Crippen LogP contribution is -2.25. The number of rotatable bonds is 10. The highest BCUT2D eigenvalue weighted by Crippen LogP contribution is 2.35. The predicted molar refractivity (Wildman–Crippen MR) is 69.6 cm³/mol. The Balaban J connectivity index is 3.69. The minimum absolute atomic E-state index is 0.233. The van der Waals surface area contributed by atoms with Gasteiger partial charge in [0.05, 0.1) is 6.16 Å². The first-order chi connectivity index (χ1) is 7.89. The standard InChI is InChI=1S/C10H26N3O3P/c11-6-2-4-9(7-12)3-1-5-10(13)8-17(14,15)16/h9-10H,1-8,11-13H2,(H2,14,15,16). The zero-order chi connectivity index (χ0) is 13.3. The molecule has 0 heterocycles. The average molecular weight is 267 g/mol. The van der Waals surface area contributed by atoms with Crippen LogP contribution < -0.4 is 17.2 Å². The summed E-state index contributed by atoms with van der Waals surface area (Å²) >= 11 is 0. The van der Waals surface area contributed by atoms with Crippen molar-refractivity contribution in [2.24, 2.45) is 23.1 Å². The normalized spacial score (nSPS) is 15.8. The maximum atomic E-state index is 10.7. The van der Waals surface area contributed by atoms with Gasteiger partial charge in [0.25, 0.3) is 0 Å². The van der Waals surface area contributed by atoms with E-state index in [4.69, 9.17) is 27.0 Å². The van der Waals surface area contributed by atoms with Crippen LogP contribution >= 0.6 is 7.60 Å². The Morgan fingerprint density at radius 1 is 1.06 bits per heavy atom. The minimum Gasteiger partial charge on any atom is -0.330 e. The Morgan fingerprint density at radius 2 is 1.65 bits per heavy atom. The fourth-order valence-electron chi connectivity index (χ4n) is 1.85. The minimum atomic E-state index is -3.98. The van der Waals surface area contributed by atoms with E-state index in [0.29, 0.717) is 25.4 Å². The van der Waals surface area contributed by atoms with Crippen LogP contribution in [0.2, 0.25) is 0 Å². The molecule has 0 aromatic heterocycles. The van der Waals surface area contributed by atoms with Crippen molar-refractivity contribution in [3.05, 3.63) is 0 Å². The Morgan fingerprint density at radius 3 is 2.12 bits per heavy atom. The molecule has 0 aromatic carbocycles. The van der Waals surface area contributed by atoms with Gasteiger partial charge in [-0.3, -0.25) is 4.57 Å². The molecular formula is C10H26N3O3P. The second-order valence-corrected chi connectivity index (χ2v) is 6.27. The van der Waals surface area contributed by atoms with Crippen molar-refractivity contribution in [1.29, 1.82) is 0 Å². The first kappa shape index (κ1) is 17.0. The van der Waals surface area contributed by atoms with Crippen molar-refractivity contribution >= 4 is 7.60 Å². The van der Waals surface area contributed by atoms with Gasteiger partial charge in [-0.15, -0.1) is 0 Å². The Hall–Kier alpha value is 0.0300. The molecule has 104 valence electrons. The maximum Gasteiger partial charge on any atom is 0.327 e. The fourth-order valence-corrected chi connectivity index (χ4v) is 2.65. The van der Waals surface area contributed by atoms with E-state index in [0.717, 1.165) is 25.7 Å². The summed E-state index contributed by atoms with van der Waals surface area (Å²) in [5.41, 5.74) is 16.7. The van der Waals surface area contributed by atoms with E-state index in [9.17, 15) is 4.57 Å². The molecule has 2 unspecified atom stereocenters. The van der Waals surface area contributed by atoms with E-state index >= 15 is 0 Å². The highest BCUT2D eigenvalue weighted by atomic mass is 31.2. The van der Waals surface area contributed by atoms with Gasteiger partial charge in [-0.2, -0.15) is 0 Å². The molecule has 7 heteroatoms. The molecule has 0 rings (SSSR count). The molecule has 0 bridgehead atoms. The van der Waals surface area contributed by atoms with Crippen molar-refractivity contribution in [3.8, 4) is 0 Å². The summed E-state index contributed by atoms with van der Waals surface area (Å²) < 4.78 is 10.7. The van der Waals surface area contributed by atoms with Crippen molar-refractivity contribution in [3.63, 3.8) is 0 Å². The van der Waals surface area contributed by atoms with Gasteiger partial charge in [0.1, 0.15) is 0 Å². The van der Waals surface area contributed by atoms with Crippen molar-refractivity contribution in [2.45, 2.75) is 38.1 Å². The molecule has 6 nitrogen and oxygen atoms in total. The molecule has 0 fully saturated rings. The lowest BCUT2D eigenvalue weighted by molar-refractivity contribution is 0.364. The molecule has 0 spiro atoms. The molecular weight excluding hydrogens is 241 g/mol. The smallest absolute Gasteiger partial charge is 0.327 e. The molecule has 0 saturated heterocycles. The first-order valence-electron chi connectivity index (χ1n) is 6.09. The van der Waals surface area contributed by atoms with Crippen LogP contribution in [0.1, 0.15) is 32.1 Å². The quantitative estimate of drug-likeness (QED) is 0.353. The first-order valence-corrected chi connectivity index (χ1v) is 7.89. The van der Waals surface area contributed by atoms with Gasteiger partial charge in [-0.1, -0.05) is 6.42 Å². The van der Waals surface area contributed by atoms with Gasteiger partial charge in [-0.25, -0.2) is 0 Å². The summed E-state index contributed by atoms with van der Waals surface area (Å²) in [6.45, 7) is 1.31. The topological polar surface area (TPSA) is 136 Å². The predicted octanol–water partition coefficient (Wildman–Crippen LogP) is -0.0245. The zero-order valence-corrected chi connectivity index (χ0v) is 11.2. The number of hydrogen-bond donors (Lipinski definition) is 5. The summed E-state index contributed by atoms with van der Waals surface area (Å²) in [7, 11) is -3.98. The summed E-state index contributed by atoms with van der Waals surface area (Å²) in [6, 6.07) is -0.427. The van der Waals surface area contributed by atoms with Crippen molar-refractivity contribution in [1.82, 2.24) is 0 Å². The van der Waals surface area contributed by atoms with E-state index in [-0.39, 0.29) is 6.16 Å². The number of hydrogen-bond acceptors (Lipinski definition) is 4. The molecule has 0 aromatic rings. The van der Waals surface area contributed by atoms with E-state index in [1.54, 1.807) is 0 Å². The van der Waals surface area contributed by atoms with Crippen LogP contribution in [0, 0.1) is 5.92 Å². The van der Waals surface area contributed by atoms with Crippen LogP contribution in [-0.2, 0) is 4.57 Å². The lowest BCUT2D eigenvalue weighted by Gasteiger charge is -2.16. The van der Waals surface area contributed by atoms with Gasteiger partial charge >= 0.3 is 7.60 Å². The molecule has 0 aliphatic heterocycles. The second kappa shape index (κ2) is 9.03. The highest BCUT2D eigenvalue weighted by Gasteiger charge is 2.18. The van der Waals surface area contributed by atoms with Crippen LogP contribution in [0.3, 0.4) is 0 Å². The van der Waals surface area contributed by atoms with Gasteiger partial charge in [-0.05, 0) is 44.7 Å². The van der Waals surface area contributed by atoms with Gasteiger partial charge in [0, 0.05) is 6.04 Å². The van der Waals surface area contributed by atoms with E-state index in [1.807, 2.05) is 0 Å². The van der Waals surface area contributed by atoms with E-state index in [1.165, 1.54) is 0 Å². The third-order valence-electron chi connectivity index (χ3n) is 2.81. The Bertz CT molecular complexity index is 235. The lowest BCUT2D eigenvalue weighted by atomic mass is 9.96. The summed E-state index contributed by atoms with van der Waals surface area (Å²) in [5.74, 6) is 0.445. The third kappa shape index (κ3) is 10.9. The highest BCUT2D eigenvalue weighted by molar-refractivity contribution is 7.51. The summed E-state index contributed by atoms with van der Waals surface area (Å²) in [5, 5.41) is 0. The molecule has 0 amide bonds. The largest absolute Gasteiger partial charge is 0.330 e. The zero-order valence-electron chi connectivity index (χ0n) is 10.3. The van der Waals surface area contributed by atoms with Crippen LogP contribution in [0.5, 0.6) is 0 Å². The van der Waals surface area contributed by atoms with Gasteiger partial charge in [0.2, 0.25) is 0 Å². The van der Waals surface area contributed by atoms with Crippen molar-refractivity contribution < 1.29 is 14.4 Å².